The number of aromatic nitrogens is 1. The molecule has 3 heteroatoms. The van der Waals surface area contributed by atoms with Gasteiger partial charge in [0, 0.05) is 67.6 Å². The Balaban J connectivity index is 0.974. The Morgan fingerprint density at radius 3 is 1.09 bits per heavy atom. The maximum atomic E-state index is 2.58. The predicted octanol–water partition coefficient (Wildman–Crippen LogP) is 21.8. The van der Waals surface area contributed by atoms with E-state index < -0.39 is 0 Å². The predicted molar refractivity (Wildman–Crippen MR) is 334 cm³/mol. The van der Waals surface area contributed by atoms with Crippen LogP contribution in [-0.4, -0.2) is 4.57 Å². The molecule has 0 saturated carbocycles. The van der Waals surface area contributed by atoms with Crippen molar-refractivity contribution < 1.29 is 0 Å². The number of hydrogen-bond donors (Lipinski definition) is 0. The zero-order chi connectivity index (χ0) is 50.6. The van der Waals surface area contributed by atoms with Gasteiger partial charge in [0.1, 0.15) is 0 Å². The molecule has 0 N–H and O–H groups in total. The van der Waals surface area contributed by atoms with Crippen molar-refractivity contribution in [2.24, 2.45) is 0 Å². The molecule has 0 aliphatic heterocycles. The van der Waals surface area contributed by atoms with Gasteiger partial charge in [-0.2, -0.15) is 0 Å². The first kappa shape index (κ1) is 44.0. The van der Waals surface area contributed by atoms with Crippen molar-refractivity contribution >= 4 is 106 Å². The van der Waals surface area contributed by atoms with Crippen LogP contribution in [0.15, 0.2) is 273 Å². The van der Waals surface area contributed by atoms with E-state index in [9.17, 15) is 0 Å². The maximum absolute atomic E-state index is 2.58. The Morgan fingerprint density at radius 2 is 0.610 bits per heavy atom. The van der Waals surface area contributed by atoms with E-state index in [1.54, 1.807) is 0 Å². The number of thiophene rings is 2. The van der Waals surface area contributed by atoms with Crippen LogP contribution in [0.5, 0.6) is 0 Å². The molecule has 0 atom stereocenters. The van der Waals surface area contributed by atoms with E-state index in [1.165, 1.54) is 156 Å². The molecule has 13 aromatic carbocycles. The maximum Gasteiger partial charge on any atom is 0.0547 e. The molecule has 77 heavy (non-hydrogen) atoms. The Morgan fingerprint density at radius 1 is 0.221 bits per heavy atom. The lowest BCUT2D eigenvalue weighted by atomic mass is 9.94. The van der Waals surface area contributed by atoms with Gasteiger partial charge in [0.15, 0.2) is 0 Å². The van der Waals surface area contributed by atoms with Gasteiger partial charge in [-0.25, -0.2) is 0 Å². The molecule has 358 valence electrons. The van der Waals surface area contributed by atoms with Crippen LogP contribution < -0.4 is 0 Å². The third kappa shape index (κ3) is 7.20. The highest BCUT2D eigenvalue weighted by Crippen LogP contribution is 2.48. The first-order valence-electron chi connectivity index (χ1n) is 26.4. The van der Waals surface area contributed by atoms with Crippen molar-refractivity contribution in [1.29, 1.82) is 0 Å². The quantitative estimate of drug-likeness (QED) is 0.140. The molecule has 3 aromatic heterocycles. The first-order chi connectivity index (χ1) is 38.1. The van der Waals surface area contributed by atoms with E-state index in [-0.39, 0.29) is 0 Å². The fourth-order valence-electron chi connectivity index (χ4n) is 12.2. The standard InChI is InChI=1S/C74H45NS2/c1-5-17-46(18-6-1)50-31-35-71-64(37-50)66-41-55(48-21-9-3-10-22-48)39-62(73(66)76-71)53-29-33-60-61-34-30-54(45-70(61)75(69(60)44-53)68-43-52-25-13-14-26-57(52)58-27-15-16-28-59(58)68)63-40-56(49-23-11-4-12-24-49)42-67-65-38-51(47-19-7-2-8-20-47)32-36-72(65)77-74(63)67/h1-45H. The number of benzene rings is 13. The summed E-state index contributed by atoms with van der Waals surface area (Å²) in [6, 6.07) is 102. The van der Waals surface area contributed by atoms with Crippen LogP contribution in [-0.2, 0) is 0 Å². The summed E-state index contributed by atoms with van der Waals surface area (Å²) in [5.74, 6) is 0. The molecule has 0 amide bonds. The zero-order valence-electron chi connectivity index (χ0n) is 41.7. The van der Waals surface area contributed by atoms with Crippen LogP contribution in [0, 0.1) is 0 Å². The van der Waals surface area contributed by atoms with Crippen molar-refractivity contribution in [3.05, 3.63) is 273 Å². The van der Waals surface area contributed by atoms with Gasteiger partial charge in [0.2, 0.25) is 0 Å². The van der Waals surface area contributed by atoms with Crippen molar-refractivity contribution in [2.45, 2.75) is 0 Å². The van der Waals surface area contributed by atoms with E-state index in [0.717, 1.165) is 0 Å². The minimum atomic E-state index is 1.17. The number of hydrogen-bond acceptors (Lipinski definition) is 2. The molecular weight excluding hydrogens is 967 g/mol. The highest BCUT2D eigenvalue weighted by atomic mass is 32.1. The van der Waals surface area contributed by atoms with E-state index >= 15 is 0 Å². The summed E-state index contributed by atoms with van der Waals surface area (Å²) in [7, 11) is 0. The second-order valence-corrected chi connectivity index (χ2v) is 22.5. The molecule has 0 unspecified atom stereocenters. The lowest BCUT2D eigenvalue weighted by Gasteiger charge is -2.16. The van der Waals surface area contributed by atoms with E-state index in [4.69, 9.17) is 0 Å². The van der Waals surface area contributed by atoms with E-state index in [0.29, 0.717) is 0 Å². The molecule has 0 saturated heterocycles. The summed E-state index contributed by atoms with van der Waals surface area (Å²) < 4.78 is 7.75. The summed E-state index contributed by atoms with van der Waals surface area (Å²) in [6.45, 7) is 0. The Kier molecular flexibility index (Phi) is 10.1. The molecule has 0 fully saturated rings. The average molecular weight is 1010 g/mol. The van der Waals surface area contributed by atoms with Crippen LogP contribution in [0.3, 0.4) is 0 Å². The van der Waals surface area contributed by atoms with Gasteiger partial charge in [-0.15, -0.1) is 22.7 Å². The third-order valence-electron chi connectivity index (χ3n) is 15.9. The Hall–Kier alpha value is -9.38. The summed E-state index contributed by atoms with van der Waals surface area (Å²) in [6.07, 6.45) is 0. The van der Waals surface area contributed by atoms with Gasteiger partial charge in [0.05, 0.1) is 16.7 Å². The molecule has 0 spiro atoms. The first-order valence-corrected chi connectivity index (χ1v) is 28.0. The highest BCUT2D eigenvalue weighted by Gasteiger charge is 2.22. The second-order valence-electron chi connectivity index (χ2n) is 20.4. The SMILES string of the molecule is c1ccc(-c2ccc3sc4c(-c5ccc6c7ccc(-c8cc(-c9ccccc9)cc9c8sc8ccc(-c%10ccccc%10)cc89)cc7n(-c7cc8ccccc8c8ccccc78)c6c5)cc(-c5ccccc5)cc4c3c2)cc1. The van der Waals surface area contributed by atoms with Gasteiger partial charge in [-0.3, -0.25) is 0 Å². The summed E-state index contributed by atoms with van der Waals surface area (Å²) in [5.41, 5.74) is 18.2. The molecule has 16 aromatic rings. The second kappa shape index (κ2) is 17.6. The topological polar surface area (TPSA) is 4.93 Å². The normalized spacial score (nSPS) is 11.9. The molecular formula is C74H45NS2. The summed E-state index contributed by atoms with van der Waals surface area (Å²) >= 11 is 3.80. The van der Waals surface area contributed by atoms with Gasteiger partial charge in [0.25, 0.3) is 0 Å². The number of nitrogens with zero attached hydrogens (tertiary/aromatic N) is 1. The van der Waals surface area contributed by atoms with E-state index in [1.807, 2.05) is 22.7 Å². The van der Waals surface area contributed by atoms with Crippen molar-refractivity contribution in [1.82, 2.24) is 4.57 Å². The molecule has 16 rings (SSSR count). The molecule has 1 nitrogen and oxygen atoms in total. The highest BCUT2D eigenvalue weighted by molar-refractivity contribution is 7.26. The molecule has 0 bridgehead atoms. The lowest BCUT2D eigenvalue weighted by Crippen LogP contribution is -1.97. The van der Waals surface area contributed by atoms with Crippen LogP contribution in [0.1, 0.15) is 0 Å². The Labute approximate surface area is 453 Å². The fraction of sp³-hybridized carbons (Fsp3) is 0. The fourth-order valence-corrected chi connectivity index (χ4v) is 14.6. The summed E-state index contributed by atoms with van der Waals surface area (Å²) in [5, 5.41) is 12.5. The van der Waals surface area contributed by atoms with Gasteiger partial charge in [-0.1, -0.05) is 206 Å². The average Bonchev–Trinajstić information content (AvgIpc) is 4.38. The van der Waals surface area contributed by atoms with Crippen LogP contribution >= 0.6 is 22.7 Å². The number of rotatable bonds is 7. The smallest absolute Gasteiger partial charge is 0.0547 e. The molecule has 0 radical (unpaired) electrons. The van der Waals surface area contributed by atoms with Crippen LogP contribution in [0.25, 0.3) is 156 Å². The van der Waals surface area contributed by atoms with Crippen molar-refractivity contribution in [2.75, 3.05) is 0 Å². The minimum Gasteiger partial charge on any atom is -0.309 e. The molecule has 0 aliphatic carbocycles. The Bertz CT molecular complexity index is 4750. The monoisotopic (exact) mass is 1010 g/mol. The lowest BCUT2D eigenvalue weighted by molar-refractivity contribution is 1.20. The van der Waals surface area contributed by atoms with Crippen molar-refractivity contribution in [3.8, 4) is 72.4 Å². The summed E-state index contributed by atoms with van der Waals surface area (Å²) in [4.78, 5) is 0. The van der Waals surface area contributed by atoms with Crippen LogP contribution in [0.2, 0.25) is 0 Å². The van der Waals surface area contributed by atoms with E-state index in [2.05, 4.69) is 278 Å². The van der Waals surface area contributed by atoms with Gasteiger partial charge < -0.3 is 4.57 Å². The van der Waals surface area contributed by atoms with Gasteiger partial charge in [-0.05, 0) is 139 Å². The minimum absolute atomic E-state index is 1.17. The number of fused-ring (bicyclic) bond motifs is 12. The van der Waals surface area contributed by atoms with Gasteiger partial charge >= 0.3 is 0 Å². The molecule has 0 aliphatic rings. The van der Waals surface area contributed by atoms with Crippen molar-refractivity contribution in [3.63, 3.8) is 0 Å². The molecule has 3 heterocycles. The van der Waals surface area contributed by atoms with Crippen LogP contribution in [0.4, 0.5) is 0 Å². The third-order valence-corrected chi connectivity index (χ3v) is 18.4. The largest absolute Gasteiger partial charge is 0.309 e. The zero-order valence-corrected chi connectivity index (χ0v) is 43.4.